The van der Waals surface area contributed by atoms with E-state index in [1.807, 2.05) is 0 Å². The van der Waals surface area contributed by atoms with Gasteiger partial charge in [-0.25, -0.2) is 8.42 Å². The lowest BCUT2D eigenvalue weighted by Gasteiger charge is -2.55. The van der Waals surface area contributed by atoms with Crippen LogP contribution in [-0.2, 0) is 14.8 Å². The number of hydrogen-bond donors (Lipinski definition) is 1. The second-order valence-electron chi connectivity index (χ2n) is 9.78. The summed E-state index contributed by atoms with van der Waals surface area (Å²) in [6, 6.07) is 6.24. The van der Waals surface area contributed by atoms with E-state index in [1.165, 1.54) is 25.3 Å². The Balaban J connectivity index is 1.28. The molecule has 1 aromatic rings. The first kappa shape index (κ1) is 19.8. The van der Waals surface area contributed by atoms with Crippen molar-refractivity contribution in [1.82, 2.24) is 9.62 Å². The van der Waals surface area contributed by atoms with Gasteiger partial charge in [0, 0.05) is 29.6 Å². The number of benzene rings is 1. The smallest absolute Gasteiger partial charge is 0.243 e. The highest BCUT2D eigenvalue weighted by molar-refractivity contribution is 7.89. The van der Waals surface area contributed by atoms with Crippen molar-refractivity contribution >= 4 is 27.5 Å². The van der Waals surface area contributed by atoms with E-state index in [-0.39, 0.29) is 22.3 Å². The van der Waals surface area contributed by atoms with Crippen LogP contribution in [0.5, 0.6) is 0 Å². The van der Waals surface area contributed by atoms with Crippen LogP contribution in [0.3, 0.4) is 0 Å². The third-order valence-electron chi connectivity index (χ3n) is 7.74. The number of nitrogens with one attached hydrogen (secondary N) is 1. The second kappa shape index (κ2) is 7.24. The fourth-order valence-electron chi connectivity index (χ4n) is 6.88. The van der Waals surface area contributed by atoms with Gasteiger partial charge in [0.2, 0.25) is 15.9 Å². The van der Waals surface area contributed by atoms with Gasteiger partial charge in [0.1, 0.15) is 0 Å². The number of halogens is 1. The number of carbonyl (C=O) groups is 1. The highest BCUT2D eigenvalue weighted by Gasteiger charge is 2.54. The zero-order valence-corrected chi connectivity index (χ0v) is 18.2. The van der Waals surface area contributed by atoms with Gasteiger partial charge in [-0.2, -0.15) is 4.31 Å². The van der Waals surface area contributed by atoms with Gasteiger partial charge in [0.15, 0.2) is 0 Å². The molecule has 5 aliphatic rings. The summed E-state index contributed by atoms with van der Waals surface area (Å²) in [7, 11) is -3.61. The molecule has 158 valence electrons. The largest absolute Gasteiger partial charge is 0.354 e. The standard InChI is InChI=1S/C22H29ClN2O3S/c23-18-3-1-5-20(10-18)29(27,28)25-6-2-4-19(25)14-24-21(26)22-11-15-7-16(12-22)9-17(8-15)13-22/h1,3,5,10,15-17,19H,2,4,6-9,11-14H2,(H,24,26). The number of hydrogen-bond acceptors (Lipinski definition) is 3. The van der Waals surface area contributed by atoms with Crippen LogP contribution in [-0.4, -0.2) is 37.8 Å². The van der Waals surface area contributed by atoms with Crippen LogP contribution in [0.25, 0.3) is 0 Å². The van der Waals surface area contributed by atoms with Gasteiger partial charge in [-0.3, -0.25) is 4.79 Å². The van der Waals surface area contributed by atoms with Crippen molar-refractivity contribution in [3.63, 3.8) is 0 Å². The van der Waals surface area contributed by atoms with Gasteiger partial charge < -0.3 is 5.32 Å². The first-order chi connectivity index (χ1) is 13.9. The quantitative estimate of drug-likeness (QED) is 0.762. The molecule has 1 unspecified atom stereocenters. The molecular weight excluding hydrogens is 408 g/mol. The molecule has 1 N–H and O–H groups in total. The Bertz CT molecular complexity index is 881. The summed E-state index contributed by atoms with van der Waals surface area (Å²) in [6.45, 7) is 0.896. The van der Waals surface area contributed by atoms with E-state index >= 15 is 0 Å². The third-order valence-corrected chi connectivity index (χ3v) is 9.93. The third kappa shape index (κ3) is 3.51. The molecule has 6 rings (SSSR count). The predicted octanol–water partition coefficient (Wildman–Crippen LogP) is 3.83. The van der Waals surface area contributed by atoms with E-state index in [1.54, 1.807) is 22.5 Å². The van der Waals surface area contributed by atoms with E-state index in [0.29, 0.717) is 18.1 Å². The molecule has 4 aliphatic carbocycles. The van der Waals surface area contributed by atoms with Crippen molar-refractivity contribution in [2.45, 2.75) is 62.3 Å². The minimum atomic E-state index is -3.61. The van der Waals surface area contributed by atoms with Crippen LogP contribution in [0.15, 0.2) is 29.2 Å². The molecule has 0 radical (unpaired) electrons. The van der Waals surface area contributed by atoms with E-state index < -0.39 is 10.0 Å². The van der Waals surface area contributed by atoms with Crippen LogP contribution in [0, 0.1) is 23.2 Å². The molecule has 1 amide bonds. The zero-order valence-electron chi connectivity index (χ0n) is 16.6. The van der Waals surface area contributed by atoms with E-state index in [9.17, 15) is 13.2 Å². The molecular formula is C22H29ClN2O3S. The summed E-state index contributed by atoms with van der Waals surface area (Å²) in [5.74, 6) is 2.33. The van der Waals surface area contributed by atoms with Crippen molar-refractivity contribution < 1.29 is 13.2 Å². The van der Waals surface area contributed by atoms with Crippen molar-refractivity contribution in [2.75, 3.05) is 13.1 Å². The highest BCUT2D eigenvalue weighted by Crippen LogP contribution is 2.60. The van der Waals surface area contributed by atoms with Crippen LogP contribution < -0.4 is 5.32 Å². The highest BCUT2D eigenvalue weighted by atomic mass is 35.5. The van der Waals surface area contributed by atoms with Gasteiger partial charge >= 0.3 is 0 Å². The van der Waals surface area contributed by atoms with E-state index in [0.717, 1.165) is 49.9 Å². The molecule has 4 saturated carbocycles. The summed E-state index contributed by atoms with van der Waals surface area (Å²) >= 11 is 6.01. The lowest BCUT2D eigenvalue weighted by atomic mass is 9.49. The Morgan fingerprint density at radius 3 is 2.41 bits per heavy atom. The first-order valence-corrected chi connectivity index (χ1v) is 12.7. The number of nitrogens with zero attached hydrogens (tertiary/aromatic N) is 1. The average molecular weight is 437 g/mol. The lowest BCUT2D eigenvalue weighted by Crippen LogP contribution is -2.55. The molecule has 1 aromatic carbocycles. The molecule has 5 nitrogen and oxygen atoms in total. The minimum absolute atomic E-state index is 0.170. The van der Waals surface area contributed by atoms with E-state index in [2.05, 4.69) is 5.32 Å². The van der Waals surface area contributed by atoms with Gasteiger partial charge in [0.05, 0.1) is 4.90 Å². The van der Waals surface area contributed by atoms with Crippen molar-refractivity contribution in [1.29, 1.82) is 0 Å². The molecule has 0 aromatic heterocycles. The predicted molar refractivity (Wildman–Crippen MR) is 112 cm³/mol. The fraction of sp³-hybridized carbons (Fsp3) is 0.682. The van der Waals surface area contributed by atoms with Gasteiger partial charge in [-0.05, 0) is 87.3 Å². The Kier molecular flexibility index (Phi) is 4.95. The molecule has 7 heteroatoms. The Morgan fingerprint density at radius 2 is 1.79 bits per heavy atom. The number of sulfonamides is 1. The summed E-state index contributed by atoms with van der Waals surface area (Å²) in [5.41, 5.74) is -0.190. The molecule has 0 spiro atoms. The van der Waals surface area contributed by atoms with Crippen LogP contribution >= 0.6 is 11.6 Å². The summed E-state index contributed by atoms with van der Waals surface area (Å²) in [5, 5.41) is 3.59. The van der Waals surface area contributed by atoms with Crippen molar-refractivity contribution in [3.05, 3.63) is 29.3 Å². The van der Waals surface area contributed by atoms with Crippen LogP contribution in [0.4, 0.5) is 0 Å². The zero-order chi connectivity index (χ0) is 20.2. The Morgan fingerprint density at radius 1 is 1.14 bits per heavy atom. The fourth-order valence-corrected chi connectivity index (χ4v) is 8.87. The maximum atomic E-state index is 13.2. The molecule has 5 fully saturated rings. The number of carbonyl (C=O) groups excluding carboxylic acids is 1. The maximum Gasteiger partial charge on any atom is 0.243 e. The summed E-state index contributed by atoms with van der Waals surface area (Å²) in [4.78, 5) is 13.5. The number of rotatable bonds is 5. The second-order valence-corrected chi connectivity index (χ2v) is 12.1. The molecule has 1 saturated heterocycles. The Labute approximate surface area is 178 Å². The van der Waals surface area contributed by atoms with Crippen molar-refractivity contribution in [2.24, 2.45) is 23.2 Å². The normalized spacial score (nSPS) is 36.4. The molecule has 1 atom stereocenters. The lowest BCUT2D eigenvalue weighted by molar-refractivity contribution is -0.146. The van der Waals surface area contributed by atoms with Crippen LogP contribution in [0.1, 0.15) is 51.4 Å². The van der Waals surface area contributed by atoms with Gasteiger partial charge in [-0.1, -0.05) is 17.7 Å². The van der Waals surface area contributed by atoms with Gasteiger partial charge in [-0.15, -0.1) is 0 Å². The van der Waals surface area contributed by atoms with E-state index in [4.69, 9.17) is 11.6 Å². The first-order valence-electron chi connectivity index (χ1n) is 10.9. The van der Waals surface area contributed by atoms with Crippen LogP contribution in [0.2, 0.25) is 5.02 Å². The van der Waals surface area contributed by atoms with Crippen molar-refractivity contribution in [3.8, 4) is 0 Å². The topological polar surface area (TPSA) is 66.5 Å². The Hall–Kier alpha value is -1.11. The summed E-state index contributed by atoms with van der Waals surface area (Å²) < 4.78 is 27.8. The minimum Gasteiger partial charge on any atom is -0.354 e. The average Bonchev–Trinajstić information content (AvgIpc) is 3.14. The molecule has 1 aliphatic heterocycles. The number of amides is 1. The monoisotopic (exact) mass is 436 g/mol. The molecule has 4 bridgehead atoms. The SMILES string of the molecule is O=C(NCC1CCCN1S(=O)(=O)c1cccc(Cl)c1)C12CC3CC(CC(C3)C1)C2. The molecule has 1 heterocycles. The van der Waals surface area contributed by atoms with Gasteiger partial charge in [0.25, 0.3) is 0 Å². The molecule has 29 heavy (non-hydrogen) atoms. The summed E-state index contributed by atoms with van der Waals surface area (Å²) in [6.07, 6.45) is 8.60. The maximum absolute atomic E-state index is 13.2.